The van der Waals surface area contributed by atoms with E-state index in [0.29, 0.717) is 12.1 Å². The topological polar surface area (TPSA) is 45.2 Å². The van der Waals surface area contributed by atoms with Crippen molar-refractivity contribution in [2.45, 2.75) is 25.2 Å². The molecule has 11 heteroatoms. The summed E-state index contributed by atoms with van der Waals surface area (Å²) in [5, 5.41) is 5.17. The minimum atomic E-state index is -5.03. The number of amides is 1. The Hall–Kier alpha value is -3.08. The van der Waals surface area contributed by atoms with Gasteiger partial charge in [-0.3, -0.25) is 4.79 Å². The molecule has 1 aromatic heterocycles. The second kappa shape index (κ2) is 8.69. The molecule has 2 aromatic carbocycles. The van der Waals surface area contributed by atoms with Crippen LogP contribution in [0.3, 0.4) is 0 Å². The highest BCUT2D eigenvalue weighted by atomic mass is 32.1. The number of hydrogen-bond donors (Lipinski definition) is 1. The lowest BCUT2D eigenvalue weighted by molar-refractivity contribution is -0.143. The van der Waals surface area contributed by atoms with E-state index < -0.39 is 35.0 Å². The van der Waals surface area contributed by atoms with Crippen LogP contribution in [0.25, 0.3) is 11.3 Å². The van der Waals surface area contributed by atoms with E-state index in [0.717, 1.165) is 42.3 Å². The fraction of sp³-hybridized carbons (Fsp3) is 0.273. The van der Waals surface area contributed by atoms with Crippen LogP contribution < -0.4 is 10.2 Å². The van der Waals surface area contributed by atoms with Crippen LogP contribution in [0.5, 0.6) is 0 Å². The molecule has 4 nitrogen and oxygen atoms in total. The number of rotatable bonds is 4. The predicted octanol–water partition coefficient (Wildman–Crippen LogP) is 6.70. The Balaban J connectivity index is 1.52. The van der Waals surface area contributed by atoms with Gasteiger partial charge in [-0.25, -0.2) is 4.98 Å². The van der Waals surface area contributed by atoms with Crippen LogP contribution in [0.1, 0.15) is 34.3 Å². The molecule has 0 bridgehead atoms. The summed E-state index contributed by atoms with van der Waals surface area (Å²) in [7, 11) is 0. The normalized spacial score (nSPS) is 14.5. The molecule has 3 aromatic rings. The highest BCUT2D eigenvalue weighted by Crippen LogP contribution is 2.36. The van der Waals surface area contributed by atoms with Crippen molar-refractivity contribution < 1.29 is 31.1 Å². The second-order valence-corrected chi connectivity index (χ2v) is 8.37. The summed E-state index contributed by atoms with van der Waals surface area (Å²) in [6.45, 7) is 1.92. The Morgan fingerprint density at radius 3 is 2.03 bits per heavy atom. The molecule has 2 heterocycles. The SMILES string of the molecule is O=C(Nc1ccc(-c2csc(N3CCCC3)n2)cc1)c1cc(C(F)(F)F)cc(C(F)(F)F)c1. The van der Waals surface area contributed by atoms with Crippen molar-refractivity contribution in [2.24, 2.45) is 0 Å². The van der Waals surface area contributed by atoms with Crippen LogP contribution in [0, 0.1) is 0 Å². The average molecular weight is 485 g/mol. The highest BCUT2D eigenvalue weighted by molar-refractivity contribution is 7.14. The molecule has 0 saturated carbocycles. The highest BCUT2D eigenvalue weighted by Gasteiger charge is 2.37. The molecule has 1 amide bonds. The van der Waals surface area contributed by atoms with E-state index in [4.69, 9.17) is 0 Å². The number of benzene rings is 2. The van der Waals surface area contributed by atoms with Gasteiger partial charge in [-0.1, -0.05) is 12.1 Å². The zero-order valence-electron chi connectivity index (χ0n) is 16.9. The first-order valence-electron chi connectivity index (χ1n) is 9.92. The molecular formula is C22H17F6N3OS. The molecule has 1 N–H and O–H groups in total. The first-order chi connectivity index (χ1) is 15.5. The third kappa shape index (κ3) is 5.29. The van der Waals surface area contributed by atoms with Crippen LogP contribution in [0.2, 0.25) is 0 Å². The number of alkyl halides is 6. The van der Waals surface area contributed by atoms with Crippen molar-refractivity contribution in [3.05, 3.63) is 64.5 Å². The van der Waals surface area contributed by atoms with Crippen LogP contribution in [0.15, 0.2) is 47.8 Å². The van der Waals surface area contributed by atoms with Gasteiger partial charge in [0, 0.05) is 35.3 Å². The molecule has 1 aliphatic rings. The zero-order chi connectivity index (χ0) is 23.8. The molecule has 0 aliphatic carbocycles. The van der Waals surface area contributed by atoms with Gasteiger partial charge in [-0.05, 0) is 43.2 Å². The summed E-state index contributed by atoms with van der Waals surface area (Å²) >= 11 is 1.52. The first kappa shape index (κ1) is 23.1. The molecule has 1 aliphatic heterocycles. The minimum absolute atomic E-state index is 0.0180. The van der Waals surface area contributed by atoms with Gasteiger partial charge in [0.25, 0.3) is 5.91 Å². The summed E-state index contributed by atoms with van der Waals surface area (Å²) in [6, 6.07) is 7.15. The van der Waals surface area contributed by atoms with Crippen molar-refractivity contribution in [3.8, 4) is 11.3 Å². The van der Waals surface area contributed by atoms with Gasteiger partial charge >= 0.3 is 12.4 Å². The average Bonchev–Trinajstić information content (AvgIpc) is 3.45. The fourth-order valence-electron chi connectivity index (χ4n) is 3.46. The molecule has 0 unspecified atom stereocenters. The molecular weight excluding hydrogens is 468 g/mol. The second-order valence-electron chi connectivity index (χ2n) is 7.54. The van der Waals surface area contributed by atoms with E-state index in [2.05, 4.69) is 15.2 Å². The number of thiazole rings is 1. The third-order valence-corrected chi connectivity index (χ3v) is 6.06. The number of carbonyl (C=O) groups excluding carboxylic acids is 1. The fourth-order valence-corrected chi connectivity index (χ4v) is 4.35. The van der Waals surface area contributed by atoms with Gasteiger partial charge in [-0.2, -0.15) is 26.3 Å². The van der Waals surface area contributed by atoms with Crippen LogP contribution >= 0.6 is 11.3 Å². The van der Waals surface area contributed by atoms with Crippen molar-refractivity contribution >= 4 is 28.1 Å². The summed E-state index contributed by atoms with van der Waals surface area (Å²) in [5.41, 5.74) is -2.09. The van der Waals surface area contributed by atoms with Gasteiger partial charge in [0.1, 0.15) is 0 Å². The van der Waals surface area contributed by atoms with E-state index in [1.807, 2.05) is 5.38 Å². The molecule has 0 radical (unpaired) electrons. The number of nitrogens with zero attached hydrogens (tertiary/aromatic N) is 2. The molecule has 1 fully saturated rings. The largest absolute Gasteiger partial charge is 0.416 e. The Labute approximate surface area is 188 Å². The smallest absolute Gasteiger partial charge is 0.348 e. The third-order valence-electron chi connectivity index (χ3n) is 5.16. The number of halogens is 6. The molecule has 4 rings (SSSR count). The summed E-state index contributed by atoms with van der Waals surface area (Å²) in [6.07, 6.45) is -7.81. The van der Waals surface area contributed by atoms with Crippen molar-refractivity contribution in [3.63, 3.8) is 0 Å². The summed E-state index contributed by atoms with van der Waals surface area (Å²) in [4.78, 5) is 19.2. The monoisotopic (exact) mass is 485 g/mol. The van der Waals surface area contributed by atoms with E-state index in [1.165, 1.54) is 23.5 Å². The lowest BCUT2D eigenvalue weighted by atomic mass is 10.0. The van der Waals surface area contributed by atoms with Gasteiger partial charge in [0.15, 0.2) is 5.13 Å². The van der Waals surface area contributed by atoms with Crippen LogP contribution in [0.4, 0.5) is 37.2 Å². The summed E-state index contributed by atoms with van der Waals surface area (Å²) in [5.74, 6) is -1.08. The first-order valence-corrected chi connectivity index (χ1v) is 10.8. The van der Waals surface area contributed by atoms with Crippen LogP contribution in [-0.4, -0.2) is 24.0 Å². The maximum atomic E-state index is 13.0. The number of hydrogen-bond acceptors (Lipinski definition) is 4. The maximum absolute atomic E-state index is 13.0. The van der Waals surface area contributed by atoms with E-state index in [1.54, 1.807) is 12.1 Å². The van der Waals surface area contributed by atoms with Gasteiger partial charge < -0.3 is 10.2 Å². The number of anilines is 2. The Bertz CT molecular complexity index is 1120. The zero-order valence-corrected chi connectivity index (χ0v) is 17.7. The van der Waals surface area contributed by atoms with E-state index >= 15 is 0 Å². The molecule has 174 valence electrons. The van der Waals surface area contributed by atoms with Crippen molar-refractivity contribution in [1.29, 1.82) is 0 Å². The number of aromatic nitrogens is 1. The van der Waals surface area contributed by atoms with Gasteiger partial charge in [0.05, 0.1) is 16.8 Å². The van der Waals surface area contributed by atoms with Gasteiger partial charge in [-0.15, -0.1) is 11.3 Å². The molecule has 0 spiro atoms. The Morgan fingerprint density at radius 1 is 0.909 bits per heavy atom. The quantitative estimate of drug-likeness (QED) is 0.419. The Kier molecular flexibility index (Phi) is 6.08. The van der Waals surface area contributed by atoms with Crippen molar-refractivity contribution in [1.82, 2.24) is 4.98 Å². The Morgan fingerprint density at radius 2 is 1.48 bits per heavy atom. The molecule has 1 saturated heterocycles. The molecule has 0 atom stereocenters. The number of nitrogens with one attached hydrogen (secondary N) is 1. The van der Waals surface area contributed by atoms with Crippen molar-refractivity contribution in [2.75, 3.05) is 23.3 Å². The van der Waals surface area contributed by atoms with Crippen LogP contribution in [-0.2, 0) is 12.4 Å². The van der Waals surface area contributed by atoms with E-state index in [9.17, 15) is 31.1 Å². The lowest BCUT2D eigenvalue weighted by Crippen LogP contribution is -2.17. The standard InChI is InChI=1S/C22H17F6N3OS/c23-21(24,25)15-9-14(10-16(11-15)22(26,27)28)19(32)29-17-5-3-13(4-6-17)18-12-33-20(30-18)31-7-1-2-8-31/h3-6,9-12H,1-2,7-8H2,(H,29,32). The lowest BCUT2D eigenvalue weighted by Gasteiger charge is -2.14. The summed E-state index contributed by atoms with van der Waals surface area (Å²) < 4.78 is 78.2. The molecule has 33 heavy (non-hydrogen) atoms. The van der Waals surface area contributed by atoms with E-state index in [-0.39, 0.29) is 11.8 Å². The number of carbonyl (C=O) groups is 1. The predicted molar refractivity (Wildman–Crippen MR) is 113 cm³/mol. The minimum Gasteiger partial charge on any atom is -0.348 e. The maximum Gasteiger partial charge on any atom is 0.416 e. The van der Waals surface area contributed by atoms with Gasteiger partial charge in [0.2, 0.25) is 0 Å².